The second-order valence-corrected chi connectivity index (χ2v) is 13.2. The number of hydrogen-bond donors (Lipinski definition) is 2. The van der Waals surface area contributed by atoms with Crippen molar-refractivity contribution in [3.05, 3.63) is 0 Å². The largest absolute Gasteiger partial charge is 0.390 e. The van der Waals surface area contributed by atoms with E-state index in [9.17, 15) is 10.2 Å². The monoisotopic (exact) mass is 432 g/mol. The van der Waals surface area contributed by atoms with Gasteiger partial charge in [-0.1, -0.05) is 27.7 Å². The van der Waals surface area contributed by atoms with Crippen molar-refractivity contribution in [3.63, 3.8) is 0 Å². The second-order valence-electron chi connectivity index (χ2n) is 13.2. The fraction of sp³-hybridized carbons (Fsp3) is 1.00. The Morgan fingerprint density at radius 1 is 0.839 bits per heavy atom. The molecule has 2 saturated heterocycles. The number of fused-ring (bicyclic) bond motifs is 7. The van der Waals surface area contributed by atoms with Crippen molar-refractivity contribution in [3.8, 4) is 0 Å². The first-order chi connectivity index (χ1) is 14.7. The Morgan fingerprint density at radius 3 is 2.39 bits per heavy atom. The molecule has 0 aromatic rings. The molecule has 6 fully saturated rings. The molecule has 0 aromatic heterocycles. The molecule has 2 aliphatic heterocycles. The van der Waals surface area contributed by atoms with Gasteiger partial charge in [0.05, 0.1) is 24.9 Å². The first-order valence-corrected chi connectivity index (χ1v) is 13.4. The van der Waals surface area contributed by atoms with Gasteiger partial charge in [-0.25, -0.2) is 0 Å². The molecule has 4 heteroatoms. The molecule has 4 saturated carbocycles. The maximum atomic E-state index is 10.6. The lowest BCUT2D eigenvalue weighted by molar-refractivity contribution is -0.273. The Kier molecular flexibility index (Phi) is 4.78. The summed E-state index contributed by atoms with van der Waals surface area (Å²) in [6.45, 7) is 10.6. The zero-order valence-corrected chi connectivity index (χ0v) is 20.1. The van der Waals surface area contributed by atoms with Crippen molar-refractivity contribution in [2.75, 3.05) is 6.61 Å². The highest BCUT2D eigenvalue weighted by atomic mass is 16.7. The lowest BCUT2D eigenvalue weighted by Crippen LogP contribution is -2.57. The summed E-state index contributed by atoms with van der Waals surface area (Å²) in [5.74, 6) is 4.21. The first kappa shape index (κ1) is 21.4. The highest BCUT2D eigenvalue weighted by Crippen LogP contribution is 2.71. The maximum Gasteiger partial charge on any atom is 0.171 e. The van der Waals surface area contributed by atoms with Gasteiger partial charge in [0.25, 0.3) is 0 Å². The highest BCUT2D eigenvalue weighted by Gasteiger charge is 2.69. The Balaban J connectivity index is 1.26. The SMILES string of the molecule is C[C@@H]1CC[C@@]2(OC1)O[C@H]1C[C@H]3[C@@H]4CC[C@@H]5C[C@H](O)[C@@H](O)C[C@]5(C)[C@H]4CC[C@]3(C)[C@H]1[C@@H]2C. The molecule has 2 N–H and O–H groups in total. The average Bonchev–Trinajstić information content (AvgIpc) is 3.16. The third-order valence-electron chi connectivity index (χ3n) is 12.0. The second kappa shape index (κ2) is 6.93. The molecule has 0 amide bonds. The lowest BCUT2D eigenvalue weighted by atomic mass is 9.44. The fourth-order valence-electron chi connectivity index (χ4n) is 10.3. The van der Waals surface area contributed by atoms with Gasteiger partial charge in [0.15, 0.2) is 5.79 Å². The molecule has 31 heavy (non-hydrogen) atoms. The van der Waals surface area contributed by atoms with E-state index in [-0.39, 0.29) is 11.2 Å². The molecule has 6 rings (SSSR count). The van der Waals surface area contributed by atoms with Crippen LogP contribution in [0.25, 0.3) is 0 Å². The quantitative estimate of drug-likeness (QED) is 0.579. The van der Waals surface area contributed by atoms with Crippen molar-refractivity contribution >= 4 is 0 Å². The molecule has 0 radical (unpaired) electrons. The van der Waals surface area contributed by atoms with E-state index < -0.39 is 12.2 Å². The number of rotatable bonds is 0. The summed E-state index contributed by atoms with van der Waals surface area (Å²) < 4.78 is 13.3. The predicted molar refractivity (Wildman–Crippen MR) is 119 cm³/mol. The van der Waals surface area contributed by atoms with E-state index in [1.807, 2.05) is 0 Å². The molecule has 0 unspecified atom stereocenters. The van der Waals surface area contributed by atoms with Crippen LogP contribution >= 0.6 is 0 Å². The average molecular weight is 433 g/mol. The smallest absolute Gasteiger partial charge is 0.171 e. The Bertz CT molecular complexity index is 716. The van der Waals surface area contributed by atoms with Gasteiger partial charge in [0.2, 0.25) is 0 Å². The topological polar surface area (TPSA) is 58.9 Å². The van der Waals surface area contributed by atoms with Gasteiger partial charge in [-0.3, -0.25) is 0 Å². The highest BCUT2D eigenvalue weighted by molar-refractivity contribution is 5.15. The summed E-state index contributed by atoms with van der Waals surface area (Å²) in [7, 11) is 0. The van der Waals surface area contributed by atoms with E-state index in [2.05, 4.69) is 27.7 Å². The lowest BCUT2D eigenvalue weighted by Gasteiger charge is -2.61. The summed E-state index contributed by atoms with van der Waals surface area (Å²) in [6, 6.07) is 0. The molecule has 4 nitrogen and oxygen atoms in total. The van der Waals surface area contributed by atoms with Crippen LogP contribution in [0.5, 0.6) is 0 Å². The van der Waals surface area contributed by atoms with Gasteiger partial charge in [-0.05, 0) is 97.7 Å². The standard InChI is InChI=1S/C27H44O4/c1-15-7-10-27(30-14-15)16(2)24-23(31-27)12-20-18-6-5-17-11-21(28)22(29)13-26(17,4)19(18)8-9-25(20,24)3/h15-24,28-29H,5-14H2,1-4H3/t15-,16+,17-,18-,19+,20+,21+,22+,23+,24+,25+,26+,27-/m1/s1. The molecule has 4 aliphatic carbocycles. The minimum Gasteiger partial charge on any atom is -0.390 e. The molecule has 6 aliphatic rings. The van der Waals surface area contributed by atoms with Crippen molar-refractivity contribution in [2.24, 2.45) is 52.3 Å². The van der Waals surface area contributed by atoms with Gasteiger partial charge >= 0.3 is 0 Å². The van der Waals surface area contributed by atoms with E-state index in [4.69, 9.17) is 9.47 Å². The number of hydrogen-bond acceptors (Lipinski definition) is 4. The summed E-state index contributed by atoms with van der Waals surface area (Å²) >= 11 is 0. The van der Waals surface area contributed by atoms with E-state index >= 15 is 0 Å². The molecule has 1 spiro atoms. The molecular formula is C27H44O4. The molecule has 2 heterocycles. The van der Waals surface area contributed by atoms with Crippen molar-refractivity contribution in [1.82, 2.24) is 0 Å². The van der Waals surface area contributed by atoms with E-state index in [1.54, 1.807) is 0 Å². The van der Waals surface area contributed by atoms with Gasteiger partial charge in [0, 0.05) is 12.3 Å². The normalized spacial score (nSPS) is 63.3. The van der Waals surface area contributed by atoms with Crippen LogP contribution in [0.15, 0.2) is 0 Å². The third-order valence-corrected chi connectivity index (χ3v) is 12.0. The van der Waals surface area contributed by atoms with Crippen LogP contribution in [0.3, 0.4) is 0 Å². The summed E-state index contributed by atoms with van der Waals surface area (Å²) in [4.78, 5) is 0. The summed E-state index contributed by atoms with van der Waals surface area (Å²) in [5, 5.41) is 20.9. The van der Waals surface area contributed by atoms with Crippen LogP contribution in [-0.4, -0.2) is 40.9 Å². The minimum absolute atomic E-state index is 0.191. The Hall–Kier alpha value is -0.160. The third kappa shape index (κ3) is 2.80. The summed E-state index contributed by atoms with van der Waals surface area (Å²) in [6.07, 6.45) is 9.51. The number of ether oxygens (including phenoxy) is 2. The van der Waals surface area contributed by atoms with Crippen molar-refractivity contribution < 1.29 is 19.7 Å². The van der Waals surface area contributed by atoms with E-state index in [1.165, 1.54) is 38.5 Å². The molecular weight excluding hydrogens is 388 g/mol. The molecule has 176 valence electrons. The molecule has 13 atom stereocenters. The minimum atomic E-state index is -0.537. The van der Waals surface area contributed by atoms with E-state index in [0.717, 1.165) is 37.7 Å². The van der Waals surface area contributed by atoms with Crippen molar-refractivity contribution in [2.45, 2.75) is 110 Å². The van der Waals surface area contributed by atoms with Crippen LogP contribution < -0.4 is 0 Å². The van der Waals surface area contributed by atoms with Gasteiger partial charge in [-0.15, -0.1) is 0 Å². The Labute approximate surface area is 188 Å². The Morgan fingerprint density at radius 2 is 1.65 bits per heavy atom. The van der Waals surface area contributed by atoms with E-state index in [0.29, 0.717) is 41.1 Å². The van der Waals surface area contributed by atoms with Gasteiger partial charge in [-0.2, -0.15) is 0 Å². The van der Waals surface area contributed by atoms with Gasteiger partial charge < -0.3 is 19.7 Å². The molecule has 0 aromatic carbocycles. The number of aliphatic hydroxyl groups is 2. The predicted octanol–water partition coefficient (Wildman–Crippen LogP) is 4.76. The van der Waals surface area contributed by atoms with Crippen LogP contribution in [-0.2, 0) is 9.47 Å². The van der Waals surface area contributed by atoms with Crippen LogP contribution in [0.2, 0.25) is 0 Å². The fourth-order valence-corrected chi connectivity index (χ4v) is 10.3. The van der Waals surface area contributed by atoms with Crippen molar-refractivity contribution in [1.29, 1.82) is 0 Å². The number of aliphatic hydroxyl groups excluding tert-OH is 2. The summed E-state index contributed by atoms with van der Waals surface area (Å²) in [5.41, 5.74) is 0.550. The maximum absolute atomic E-state index is 10.6. The van der Waals surface area contributed by atoms with Crippen LogP contribution in [0, 0.1) is 52.3 Å². The zero-order chi connectivity index (χ0) is 21.8. The van der Waals surface area contributed by atoms with Gasteiger partial charge in [0.1, 0.15) is 0 Å². The first-order valence-electron chi connectivity index (χ1n) is 13.4. The van der Waals surface area contributed by atoms with Crippen LogP contribution in [0.4, 0.5) is 0 Å². The molecule has 0 bridgehead atoms. The zero-order valence-electron chi connectivity index (χ0n) is 20.1. The van der Waals surface area contributed by atoms with Crippen LogP contribution in [0.1, 0.15) is 85.5 Å².